The molecule has 4 rings (SSSR count). The minimum absolute atomic E-state index is 0.00349. The Morgan fingerprint density at radius 3 is 2.34 bits per heavy atom. The summed E-state index contributed by atoms with van der Waals surface area (Å²) in [4.78, 5) is 17.9. The molecule has 0 aliphatic carbocycles. The molecule has 0 spiro atoms. The molecule has 2 aromatic carbocycles. The van der Waals surface area contributed by atoms with Crippen LogP contribution in [-0.2, 0) is 13.0 Å². The first-order valence-electron chi connectivity index (χ1n) is 9.30. The molecule has 0 amide bonds. The van der Waals surface area contributed by atoms with Crippen LogP contribution in [0.2, 0.25) is 0 Å². The lowest BCUT2D eigenvalue weighted by atomic mass is 9.98. The van der Waals surface area contributed by atoms with Crippen LogP contribution in [0.25, 0.3) is 11.3 Å². The van der Waals surface area contributed by atoms with Crippen molar-refractivity contribution in [2.75, 3.05) is 25.7 Å². The molecule has 0 unspecified atom stereocenters. The summed E-state index contributed by atoms with van der Waals surface area (Å²) in [7, 11) is 3.25. The second kappa shape index (κ2) is 7.79. The lowest BCUT2D eigenvalue weighted by molar-refractivity contribution is -0.384. The van der Waals surface area contributed by atoms with Crippen LogP contribution >= 0.6 is 0 Å². The molecule has 0 bridgehead atoms. The third-order valence-electron chi connectivity index (χ3n) is 5.15. The zero-order valence-electron chi connectivity index (χ0n) is 16.3. The summed E-state index contributed by atoms with van der Waals surface area (Å²) >= 11 is 0. The lowest BCUT2D eigenvalue weighted by Crippen LogP contribution is -2.31. The SMILES string of the molecule is COc1cc2c(cc1OC)CN(c1ccc([N+](=O)[O-])c(-c3ccccc3)n1)CC2. The van der Waals surface area contributed by atoms with Crippen molar-refractivity contribution in [3.63, 3.8) is 0 Å². The second-order valence-corrected chi connectivity index (χ2v) is 6.81. The molecule has 0 N–H and O–H groups in total. The van der Waals surface area contributed by atoms with E-state index in [-0.39, 0.29) is 10.6 Å². The van der Waals surface area contributed by atoms with Gasteiger partial charge in [0.05, 0.1) is 19.1 Å². The van der Waals surface area contributed by atoms with Crippen LogP contribution in [0.15, 0.2) is 54.6 Å². The van der Waals surface area contributed by atoms with Crippen molar-refractivity contribution in [3.05, 3.63) is 75.8 Å². The molecule has 1 aliphatic heterocycles. The van der Waals surface area contributed by atoms with E-state index in [0.29, 0.717) is 18.0 Å². The predicted octanol–water partition coefficient (Wildman–Crippen LogP) is 4.24. The number of pyridine rings is 1. The maximum absolute atomic E-state index is 11.5. The fourth-order valence-corrected chi connectivity index (χ4v) is 3.65. The van der Waals surface area contributed by atoms with E-state index in [0.717, 1.165) is 35.7 Å². The van der Waals surface area contributed by atoms with Gasteiger partial charge in [0, 0.05) is 24.7 Å². The Morgan fingerprint density at radius 2 is 1.69 bits per heavy atom. The Balaban J connectivity index is 1.70. The Hall–Kier alpha value is -3.61. The topological polar surface area (TPSA) is 77.7 Å². The number of hydrogen-bond donors (Lipinski definition) is 0. The normalized spacial score (nSPS) is 13.0. The molecule has 1 aromatic heterocycles. The van der Waals surface area contributed by atoms with Crippen molar-refractivity contribution in [2.24, 2.45) is 0 Å². The van der Waals surface area contributed by atoms with Gasteiger partial charge >= 0.3 is 0 Å². The summed E-state index contributed by atoms with van der Waals surface area (Å²) in [6, 6.07) is 16.5. The zero-order valence-corrected chi connectivity index (χ0v) is 16.3. The van der Waals surface area contributed by atoms with Gasteiger partial charge in [-0.3, -0.25) is 10.1 Å². The van der Waals surface area contributed by atoms with Gasteiger partial charge in [0.25, 0.3) is 5.69 Å². The van der Waals surface area contributed by atoms with E-state index in [4.69, 9.17) is 9.47 Å². The number of ether oxygens (including phenoxy) is 2. The average Bonchev–Trinajstić information content (AvgIpc) is 2.77. The lowest BCUT2D eigenvalue weighted by Gasteiger charge is -2.30. The minimum atomic E-state index is -0.387. The number of rotatable bonds is 5. The van der Waals surface area contributed by atoms with E-state index in [1.165, 1.54) is 11.6 Å². The van der Waals surface area contributed by atoms with E-state index in [9.17, 15) is 10.1 Å². The molecule has 0 atom stereocenters. The number of anilines is 1. The third kappa shape index (κ3) is 3.59. The van der Waals surface area contributed by atoms with Gasteiger partial charge in [-0.1, -0.05) is 30.3 Å². The number of hydrogen-bond acceptors (Lipinski definition) is 6. The van der Waals surface area contributed by atoms with Crippen molar-refractivity contribution in [2.45, 2.75) is 13.0 Å². The standard InChI is InChI=1S/C22H21N3O4/c1-28-19-12-16-10-11-24(14-17(16)13-20(19)29-2)21-9-8-18(25(26)27)22(23-21)15-6-4-3-5-7-15/h3-9,12-13H,10-11,14H2,1-2H3. The number of aromatic nitrogens is 1. The first-order valence-corrected chi connectivity index (χ1v) is 9.30. The van der Waals surface area contributed by atoms with Crippen LogP contribution in [-0.4, -0.2) is 30.7 Å². The number of benzene rings is 2. The van der Waals surface area contributed by atoms with Crippen LogP contribution in [0.5, 0.6) is 11.5 Å². The summed E-state index contributed by atoms with van der Waals surface area (Å²) in [5, 5.41) is 11.5. The van der Waals surface area contributed by atoms with Gasteiger partial charge in [0.1, 0.15) is 5.82 Å². The monoisotopic (exact) mass is 391 g/mol. The summed E-state index contributed by atoms with van der Waals surface area (Å²) in [5.41, 5.74) is 3.46. The van der Waals surface area contributed by atoms with Crippen molar-refractivity contribution < 1.29 is 14.4 Å². The molecule has 0 saturated carbocycles. The van der Waals surface area contributed by atoms with Crippen molar-refractivity contribution in [1.29, 1.82) is 0 Å². The zero-order chi connectivity index (χ0) is 20.4. The van der Waals surface area contributed by atoms with Crippen LogP contribution in [0, 0.1) is 10.1 Å². The van der Waals surface area contributed by atoms with Crippen molar-refractivity contribution in [3.8, 4) is 22.8 Å². The molecule has 0 fully saturated rings. The van der Waals surface area contributed by atoms with Gasteiger partial charge in [-0.15, -0.1) is 0 Å². The highest BCUT2D eigenvalue weighted by atomic mass is 16.6. The van der Waals surface area contributed by atoms with Gasteiger partial charge in [-0.25, -0.2) is 4.98 Å². The van der Waals surface area contributed by atoms with Crippen molar-refractivity contribution in [1.82, 2.24) is 4.98 Å². The quantitative estimate of drug-likeness (QED) is 0.478. The smallest absolute Gasteiger partial charge is 0.295 e. The molecule has 7 heteroatoms. The van der Waals surface area contributed by atoms with Gasteiger partial charge in [0.15, 0.2) is 17.2 Å². The van der Waals surface area contributed by atoms with Crippen LogP contribution in [0.4, 0.5) is 11.5 Å². The summed E-state index contributed by atoms with van der Waals surface area (Å²) in [6.07, 6.45) is 0.828. The maximum atomic E-state index is 11.5. The summed E-state index contributed by atoms with van der Waals surface area (Å²) < 4.78 is 10.8. The second-order valence-electron chi connectivity index (χ2n) is 6.81. The molecule has 1 aliphatic rings. The average molecular weight is 391 g/mol. The van der Waals surface area contributed by atoms with E-state index in [1.807, 2.05) is 42.5 Å². The highest BCUT2D eigenvalue weighted by Crippen LogP contribution is 2.35. The van der Waals surface area contributed by atoms with E-state index >= 15 is 0 Å². The first kappa shape index (κ1) is 18.7. The fourth-order valence-electron chi connectivity index (χ4n) is 3.65. The summed E-state index contributed by atoms with van der Waals surface area (Å²) in [5.74, 6) is 2.13. The number of methoxy groups -OCH3 is 2. The Kier molecular flexibility index (Phi) is 5.03. The van der Waals surface area contributed by atoms with Gasteiger partial charge in [-0.05, 0) is 35.7 Å². The highest BCUT2D eigenvalue weighted by Gasteiger charge is 2.23. The Bertz CT molecular complexity index is 1050. The number of nitro groups is 1. The van der Waals surface area contributed by atoms with Gasteiger partial charge in [-0.2, -0.15) is 0 Å². The van der Waals surface area contributed by atoms with E-state index in [2.05, 4.69) is 9.88 Å². The van der Waals surface area contributed by atoms with E-state index < -0.39 is 0 Å². The first-order chi connectivity index (χ1) is 14.1. The molecule has 0 radical (unpaired) electrons. The van der Waals surface area contributed by atoms with Crippen LogP contribution in [0.3, 0.4) is 0 Å². The van der Waals surface area contributed by atoms with Gasteiger partial charge in [0.2, 0.25) is 0 Å². The molecular formula is C22H21N3O4. The molecular weight excluding hydrogens is 370 g/mol. The Morgan fingerprint density at radius 1 is 1.00 bits per heavy atom. The molecule has 2 heterocycles. The van der Waals surface area contributed by atoms with Crippen molar-refractivity contribution >= 4 is 11.5 Å². The van der Waals surface area contributed by atoms with Gasteiger partial charge < -0.3 is 14.4 Å². The molecule has 148 valence electrons. The third-order valence-corrected chi connectivity index (χ3v) is 5.15. The number of fused-ring (bicyclic) bond motifs is 1. The highest BCUT2D eigenvalue weighted by molar-refractivity contribution is 5.71. The largest absolute Gasteiger partial charge is 0.493 e. The molecule has 0 saturated heterocycles. The molecule has 29 heavy (non-hydrogen) atoms. The molecule has 7 nitrogen and oxygen atoms in total. The Labute approximate surface area is 168 Å². The van der Waals surface area contributed by atoms with Crippen LogP contribution in [0.1, 0.15) is 11.1 Å². The van der Waals surface area contributed by atoms with E-state index in [1.54, 1.807) is 20.3 Å². The summed E-state index contributed by atoms with van der Waals surface area (Å²) in [6.45, 7) is 1.41. The predicted molar refractivity (Wildman–Crippen MR) is 111 cm³/mol. The maximum Gasteiger partial charge on any atom is 0.295 e. The van der Waals surface area contributed by atoms with Crippen LogP contribution < -0.4 is 14.4 Å². The number of nitrogens with zero attached hydrogens (tertiary/aromatic N) is 3. The molecule has 3 aromatic rings. The minimum Gasteiger partial charge on any atom is -0.493 e. The fraction of sp³-hybridized carbons (Fsp3) is 0.227.